The summed E-state index contributed by atoms with van der Waals surface area (Å²) in [6, 6.07) is 10.3. The molecule has 0 spiro atoms. The van der Waals surface area contributed by atoms with Crippen LogP contribution in [0.25, 0.3) is 11.1 Å². The van der Waals surface area contributed by atoms with E-state index in [0.29, 0.717) is 34.4 Å². The lowest BCUT2D eigenvalue weighted by Gasteiger charge is -2.26. The predicted octanol–water partition coefficient (Wildman–Crippen LogP) is 4.87. The highest BCUT2D eigenvalue weighted by Gasteiger charge is 2.41. The smallest absolute Gasteiger partial charge is 0.243 e. The van der Waals surface area contributed by atoms with Gasteiger partial charge in [0.25, 0.3) is 0 Å². The minimum Gasteiger partial charge on any atom is -0.490 e. The molecular weight excluding hydrogens is 569 g/mol. The number of carbonyl (C=O) groups excluding carboxylic acids is 2. The number of benzene rings is 2. The van der Waals surface area contributed by atoms with E-state index in [4.69, 9.17) is 4.74 Å². The molecule has 1 aliphatic heterocycles. The van der Waals surface area contributed by atoms with Crippen molar-refractivity contribution >= 4 is 21.8 Å². The molecule has 43 heavy (non-hydrogen) atoms. The predicted molar refractivity (Wildman–Crippen MR) is 165 cm³/mol. The van der Waals surface area contributed by atoms with Crippen LogP contribution in [0.4, 0.5) is 4.39 Å². The first-order valence-electron chi connectivity index (χ1n) is 15.2. The number of nitrogens with one attached hydrogen (secondary N) is 2. The van der Waals surface area contributed by atoms with Gasteiger partial charge >= 0.3 is 0 Å². The maximum Gasteiger partial charge on any atom is 0.243 e. The Balaban J connectivity index is 1.40. The monoisotopic (exact) mass is 613 g/mol. The zero-order valence-electron chi connectivity index (χ0n) is 26.0. The standard InChI is InChI=1S/C33H44FN3O5S/c1-32(2)18-27(37(5)19-32)30(38)35-22-13-14-23(17-22)42-28-15-12-21(33(3,4)31(39)36-43(6,40)41)16-25(28)24-8-7-9-26(34)29(24)20-10-11-20/h7-9,12,15-16,20,22-23,27H,10-11,13-14,17-19H2,1-6H3,(H,35,38)(H,36,39)/t22-,23-,27+/m1/s1. The van der Waals surface area contributed by atoms with Crippen molar-refractivity contribution in [2.45, 2.75) is 95.7 Å². The van der Waals surface area contributed by atoms with Gasteiger partial charge in [-0.2, -0.15) is 0 Å². The number of nitrogens with zero attached hydrogens (tertiary/aromatic N) is 1. The lowest BCUT2D eigenvalue weighted by atomic mass is 9.82. The van der Waals surface area contributed by atoms with Crippen molar-refractivity contribution < 1.29 is 27.1 Å². The summed E-state index contributed by atoms with van der Waals surface area (Å²) in [6.45, 7) is 8.58. The third kappa shape index (κ3) is 7.06. The first kappa shape index (κ1) is 31.4. The second-order valence-corrected chi connectivity index (χ2v) is 15.8. The molecule has 2 amide bonds. The average molecular weight is 614 g/mol. The Morgan fingerprint density at radius 3 is 2.42 bits per heavy atom. The molecule has 2 aliphatic carbocycles. The van der Waals surface area contributed by atoms with Gasteiger partial charge in [0.05, 0.1) is 17.7 Å². The van der Waals surface area contributed by atoms with Gasteiger partial charge in [0.1, 0.15) is 17.7 Å². The summed E-state index contributed by atoms with van der Waals surface area (Å²) in [5.41, 5.74) is 1.53. The van der Waals surface area contributed by atoms with E-state index in [2.05, 4.69) is 28.8 Å². The molecule has 8 nitrogen and oxygen atoms in total. The Hall–Kier alpha value is -2.98. The van der Waals surface area contributed by atoms with E-state index < -0.39 is 21.3 Å². The molecule has 234 valence electrons. The molecule has 2 aromatic carbocycles. The number of ether oxygens (including phenoxy) is 1. The summed E-state index contributed by atoms with van der Waals surface area (Å²) in [5, 5.41) is 3.25. The zero-order chi connectivity index (χ0) is 31.3. The van der Waals surface area contributed by atoms with Crippen molar-refractivity contribution in [1.82, 2.24) is 14.9 Å². The number of hydrogen-bond acceptors (Lipinski definition) is 6. The summed E-state index contributed by atoms with van der Waals surface area (Å²) in [5.74, 6) is -0.160. The normalized spacial score (nSPS) is 24.1. The summed E-state index contributed by atoms with van der Waals surface area (Å²) >= 11 is 0. The molecule has 1 saturated heterocycles. The number of sulfonamides is 1. The molecule has 3 atom stereocenters. The number of carbonyl (C=O) groups is 2. The SMILES string of the molecule is CN1CC(C)(C)C[C@H]1C(=O)N[C@@H]1CC[C@@H](Oc2ccc(C(C)(C)C(=O)NS(C)(=O)=O)cc2-c2cccc(F)c2C2CC2)C1. The third-order valence-corrected chi connectivity index (χ3v) is 9.71. The van der Waals surface area contributed by atoms with Gasteiger partial charge in [-0.3, -0.25) is 19.2 Å². The van der Waals surface area contributed by atoms with Crippen LogP contribution in [0.15, 0.2) is 36.4 Å². The van der Waals surface area contributed by atoms with E-state index in [1.54, 1.807) is 32.0 Å². The van der Waals surface area contributed by atoms with Gasteiger partial charge in [0.2, 0.25) is 21.8 Å². The van der Waals surface area contributed by atoms with Crippen LogP contribution in [0, 0.1) is 11.2 Å². The Kier molecular flexibility index (Phi) is 8.41. The first-order chi connectivity index (χ1) is 20.0. The van der Waals surface area contributed by atoms with Crippen LogP contribution in [0.5, 0.6) is 5.75 Å². The van der Waals surface area contributed by atoms with Crippen LogP contribution in [-0.4, -0.2) is 63.2 Å². The highest BCUT2D eigenvalue weighted by molar-refractivity contribution is 7.89. The molecule has 2 N–H and O–H groups in total. The second-order valence-electron chi connectivity index (χ2n) is 14.1. The number of hydrogen-bond donors (Lipinski definition) is 2. The average Bonchev–Trinajstić information content (AvgIpc) is 3.57. The molecule has 0 unspecified atom stereocenters. The van der Waals surface area contributed by atoms with E-state index in [1.807, 2.05) is 19.2 Å². The maximum atomic E-state index is 15.2. The number of likely N-dealkylation sites (tertiary alicyclic amines) is 1. The lowest BCUT2D eigenvalue weighted by molar-refractivity contribution is -0.126. The number of amides is 2. The van der Waals surface area contributed by atoms with Crippen molar-refractivity contribution in [3.05, 3.63) is 53.3 Å². The summed E-state index contributed by atoms with van der Waals surface area (Å²) in [6.07, 6.45) is 5.66. The topological polar surface area (TPSA) is 105 Å². The Labute approximate surface area is 254 Å². The van der Waals surface area contributed by atoms with Crippen molar-refractivity contribution in [3.8, 4) is 16.9 Å². The quantitative estimate of drug-likeness (QED) is 0.418. The fourth-order valence-corrected chi connectivity index (χ4v) is 7.29. The van der Waals surface area contributed by atoms with Crippen molar-refractivity contribution in [1.29, 1.82) is 0 Å². The van der Waals surface area contributed by atoms with Crippen LogP contribution >= 0.6 is 0 Å². The van der Waals surface area contributed by atoms with Crippen LogP contribution in [0.2, 0.25) is 0 Å². The Morgan fingerprint density at radius 1 is 1.07 bits per heavy atom. The molecule has 2 aromatic rings. The van der Waals surface area contributed by atoms with Crippen LogP contribution in [0.3, 0.4) is 0 Å². The van der Waals surface area contributed by atoms with Gasteiger partial charge in [0.15, 0.2) is 0 Å². The number of halogens is 1. The Bertz CT molecular complexity index is 1520. The molecule has 0 radical (unpaired) electrons. The minimum absolute atomic E-state index is 0.00662. The molecule has 2 saturated carbocycles. The highest BCUT2D eigenvalue weighted by Crippen LogP contribution is 2.48. The largest absolute Gasteiger partial charge is 0.490 e. The Morgan fingerprint density at radius 2 is 1.79 bits per heavy atom. The van der Waals surface area contributed by atoms with Crippen LogP contribution in [-0.2, 0) is 25.0 Å². The highest BCUT2D eigenvalue weighted by atomic mass is 32.2. The molecule has 10 heteroatoms. The summed E-state index contributed by atoms with van der Waals surface area (Å²) in [4.78, 5) is 28.2. The summed E-state index contributed by atoms with van der Waals surface area (Å²) in [7, 11) is -1.75. The maximum absolute atomic E-state index is 15.2. The zero-order valence-corrected chi connectivity index (χ0v) is 26.8. The van der Waals surface area contributed by atoms with Gasteiger partial charge in [0, 0.05) is 24.6 Å². The van der Waals surface area contributed by atoms with Crippen molar-refractivity contribution in [2.75, 3.05) is 19.8 Å². The van der Waals surface area contributed by atoms with Crippen molar-refractivity contribution in [3.63, 3.8) is 0 Å². The molecular formula is C33H44FN3O5S. The molecule has 0 bridgehead atoms. The van der Waals surface area contributed by atoms with Gasteiger partial charge in [-0.25, -0.2) is 12.8 Å². The van der Waals surface area contributed by atoms with Gasteiger partial charge in [-0.15, -0.1) is 0 Å². The molecule has 5 rings (SSSR count). The second kappa shape index (κ2) is 11.5. The van der Waals surface area contributed by atoms with E-state index >= 15 is 4.39 Å². The van der Waals surface area contributed by atoms with Crippen LogP contribution < -0.4 is 14.8 Å². The van der Waals surface area contributed by atoms with Gasteiger partial charge in [-0.1, -0.05) is 32.0 Å². The molecule has 3 aliphatic rings. The van der Waals surface area contributed by atoms with Gasteiger partial charge < -0.3 is 10.1 Å². The fraction of sp³-hybridized carbons (Fsp3) is 0.576. The van der Waals surface area contributed by atoms with E-state index in [-0.39, 0.29) is 41.2 Å². The van der Waals surface area contributed by atoms with E-state index in [1.165, 1.54) is 6.07 Å². The first-order valence-corrected chi connectivity index (χ1v) is 17.1. The van der Waals surface area contributed by atoms with Gasteiger partial charge in [-0.05, 0) is 99.2 Å². The van der Waals surface area contributed by atoms with Crippen molar-refractivity contribution in [2.24, 2.45) is 5.41 Å². The van der Waals surface area contributed by atoms with E-state index in [9.17, 15) is 18.0 Å². The molecule has 1 heterocycles. The van der Waals surface area contributed by atoms with E-state index in [0.717, 1.165) is 44.9 Å². The minimum atomic E-state index is -3.75. The lowest BCUT2D eigenvalue weighted by Crippen LogP contribution is -2.45. The van der Waals surface area contributed by atoms with Crippen LogP contribution in [0.1, 0.15) is 83.3 Å². The number of rotatable bonds is 9. The molecule has 3 fully saturated rings. The number of likely N-dealkylation sites (N-methyl/N-ethyl adjacent to an activating group) is 1. The third-order valence-electron chi connectivity index (χ3n) is 9.16. The summed E-state index contributed by atoms with van der Waals surface area (Å²) < 4.78 is 47.5. The fourth-order valence-electron chi connectivity index (χ4n) is 6.70. The molecule has 0 aromatic heterocycles.